The number of nitrogens with zero attached hydrogens (tertiary/aromatic N) is 2. The monoisotopic (exact) mass is 475 g/mol. The van der Waals surface area contributed by atoms with E-state index in [1.807, 2.05) is 47.2 Å². The summed E-state index contributed by atoms with van der Waals surface area (Å²) in [5.41, 5.74) is 3.26. The third-order valence-electron chi connectivity index (χ3n) is 6.08. The van der Waals surface area contributed by atoms with Crippen LogP contribution in [-0.4, -0.2) is 29.7 Å². The van der Waals surface area contributed by atoms with Crippen LogP contribution < -0.4 is 14.8 Å². The lowest BCUT2D eigenvalue weighted by Crippen LogP contribution is -2.38. The molecule has 0 saturated carbocycles. The molecule has 1 N–H and O–H groups in total. The summed E-state index contributed by atoms with van der Waals surface area (Å²) in [6, 6.07) is 18.6. The van der Waals surface area contributed by atoms with Gasteiger partial charge < -0.3 is 24.3 Å². The van der Waals surface area contributed by atoms with Crippen molar-refractivity contribution in [1.82, 2.24) is 9.47 Å². The molecule has 0 fully saturated rings. The van der Waals surface area contributed by atoms with Gasteiger partial charge in [0.2, 0.25) is 0 Å². The van der Waals surface area contributed by atoms with Crippen LogP contribution in [0.1, 0.15) is 22.9 Å². The Labute approximate surface area is 201 Å². The summed E-state index contributed by atoms with van der Waals surface area (Å²) in [5.74, 6) is -0.423. The van der Waals surface area contributed by atoms with Crippen molar-refractivity contribution >= 4 is 11.7 Å². The molecule has 3 aromatic carbocycles. The molecule has 0 radical (unpaired) electrons. The number of para-hydroxylation sites is 1. The molecular weight excluding hydrogens is 452 g/mol. The van der Waals surface area contributed by atoms with Crippen LogP contribution in [0.15, 0.2) is 79.0 Å². The van der Waals surface area contributed by atoms with Gasteiger partial charge in [-0.15, -0.1) is 0 Å². The SMILES string of the molecule is COc1ccc(NC(=O)N2Cc3ccccc3-n3cccc3C2c2cc(F)cc(F)c2)c(OC)c1. The van der Waals surface area contributed by atoms with E-state index in [0.717, 1.165) is 17.3 Å². The maximum absolute atomic E-state index is 14.3. The van der Waals surface area contributed by atoms with E-state index in [2.05, 4.69) is 5.32 Å². The highest BCUT2D eigenvalue weighted by molar-refractivity contribution is 5.92. The lowest BCUT2D eigenvalue weighted by atomic mass is 10.0. The molecule has 1 atom stereocenters. The van der Waals surface area contributed by atoms with Crippen molar-refractivity contribution < 1.29 is 23.0 Å². The number of carbonyl (C=O) groups excluding carboxylic acids is 1. The molecule has 0 aliphatic carbocycles. The van der Waals surface area contributed by atoms with Gasteiger partial charge in [-0.25, -0.2) is 13.6 Å². The van der Waals surface area contributed by atoms with Crippen LogP contribution >= 0.6 is 0 Å². The van der Waals surface area contributed by atoms with E-state index >= 15 is 0 Å². The van der Waals surface area contributed by atoms with E-state index in [1.165, 1.54) is 19.2 Å². The van der Waals surface area contributed by atoms with Crippen molar-refractivity contribution in [3.63, 3.8) is 0 Å². The van der Waals surface area contributed by atoms with Gasteiger partial charge in [-0.2, -0.15) is 0 Å². The first-order chi connectivity index (χ1) is 17.0. The Bertz CT molecular complexity index is 1380. The summed E-state index contributed by atoms with van der Waals surface area (Å²) in [6.07, 6.45) is 1.88. The third-order valence-corrected chi connectivity index (χ3v) is 6.08. The molecule has 6 nitrogen and oxygen atoms in total. The summed E-state index contributed by atoms with van der Waals surface area (Å²) in [4.78, 5) is 15.3. The van der Waals surface area contributed by atoms with E-state index in [-0.39, 0.29) is 6.54 Å². The second-order valence-corrected chi connectivity index (χ2v) is 8.16. The predicted octanol–water partition coefficient (Wildman–Crippen LogP) is 5.91. The fourth-order valence-corrected chi connectivity index (χ4v) is 4.51. The molecule has 0 spiro atoms. The first-order valence-corrected chi connectivity index (χ1v) is 11.0. The van der Waals surface area contributed by atoms with Crippen molar-refractivity contribution in [2.75, 3.05) is 19.5 Å². The van der Waals surface area contributed by atoms with Gasteiger partial charge in [0.15, 0.2) is 0 Å². The fraction of sp³-hybridized carbons (Fsp3) is 0.148. The number of aromatic nitrogens is 1. The van der Waals surface area contributed by atoms with Gasteiger partial charge in [-0.1, -0.05) is 18.2 Å². The van der Waals surface area contributed by atoms with Gasteiger partial charge >= 0.3 is 6.03 Å². The molecule has 4 aromatic rings. The Hall–Kier alpha value is -4.33. The zero-order valence-corrected chi connectivity index (χ0v) is 19.2. The zero-order valence-electron chi connectivity index (χ0n) is 19.2. The summed E-state index contributed by atoms with van der Waals surface area (Å²) in [6.45, 7) is 0.213. The largest absolute Gasteiger partial charge is 0.497 e. The Morgan fingerprint density at radius 3 is 2.46 bits per heavy atom. The fourth-order valence-electron chi connectivity index (χ4n) is 4.51. The number of urea groups is 1. The first kappa shape index (κ1) is 22.5. The summed E-state index contributed by atoms with van der Waals surface area (Å²) in [5, 5.41) is 2.90. The number of halogens is 2. The van der Waals surface area contributed by atoms with Crippen molar-refractivity contribution in [1.29, 1.82) is 0 Å². The molecule has 1 unspecified atom stereocenters. The number of methoxy groups -OCH3 is 2. The van der Waals surface area contributed by atoms with Gasteiger partial charge in [0, 0.05) is 24.0 Å². The second kappa shape index (κ2) is 9.13. The maximum Gasteiger partial charge on any atom is 0.323 e. The average Bonchev–Trinajstić information content (AvgIpc) is 3.27. The van der Waals surface area contributed by atoms with E-state index < -0.39 is 23.7 Å². The molecule has 0 saturated heterocycles. The van der Waals surface area contributed by atoms with Crippen LogP contribution in [-0.2, 0) is 6.54 Å². The Balaban J connectivity index is 1.63. The van der Waals surface area contributed by atoms with Gasteiger partial charge in [0.05, 0.1) is 38.2 Å². The molecule has 8 heteroatoms. The van der Waals surface area contributed by atoms with E-state index in [9.17, 15) is 13.6 Å². The Morgan fingerprint density at radius 2 is 1.71 bits per heavy atom. The molecule has 35 heavy (non-hydrogen) atoms. The third kappa shape index (κ3) is 4.19. The number of anilines is 1. The van der Waals surface area contributed by atoms with Gasteiger partial charge in [-0.3, -0.25) is 0 Å². The van der Waals surface area contributed by atoms with Crippen LogP contribution in [0, 0.1) is 11.6 Å². The lowest BCUT2D eigenvalue weighted by molar-refractivity contribution is 0.194. The maximum atomic E-state index is 14.3. The van der Waals surface area contributed by atoms with Crippen molar-refractivity contribution in [2.45, 2.75) is 12.6 Å². The number of ether oxygens (including phenoxy) is 2. The molecule has 1 aliphatic heterocycles. The normalized spacial score (nSPS) is 14.5. The number of nitrogens with one attached hydrogen (secondary N) is 1. The summed E-state index contributed by atoms with van der Waals surface area (Å²) < 4.78 is 41.2. The van der Waals surface area contributed by atoms with Gasteiger partial charge in [0.25, 0.3) is 0 Å². The Kier molecular flexibility index (Phi) is 5.86. The van der Waals surface area contributed by atoms with Crippen LogP contribution in [0.2, 0.25) is 0 Å². The van der Waals surface area contributed by atoms with Crippen LogP contribution in [0.3, 0.4) is 0 Å². The number of hydrogen-bond acceptors (Lipinski definition) is 3. The molecule has 2 amide bonds. The summed E-state index contributed by atoms with van der Waals surface area (Å²) in [7, 11) is 3.04. The van der Waals surface area contributed by atoms with Crippen LogP contribution in [0.4, 0.5) is 19.3 Å². The molecule has 2 heterocycles. The lowest BCUT2D eigenvalue weighted by Gasteiger charge is -2.31. The number of benzene rings is 3. The van der Waals surface area contributed by atoms with E-state index in [0.29, 0.717) is 28.4 Å². The highest BCUT2D eigenvalue weighted by Gasteiger charge is 2.34. The molecule has 5 rings (SSSR count). The highest BCUT2D eigenvalue weighted by atomic mass is 19.1. The average molecular weight is 475 g/mol. The number of amides is 2. The molecule has 0 bridgehead atoms. The number of rotatable bonds is 4. The topological polar surface area (TPSA) is 55.7 Å². The van der Waals surface area contributed by atoms with Crippen molar-refractivity contribution in [3.8, 4) is 17.2 Å². The van der Waals surface area contributed by atoms with Gasteiger partial charge in [0.1, 0.15) is 23.1 Å². The van der Waals surface area contributed by atoms with Gasteiger partial charge in [-0.05, 0) is 53.6 Å². The predicted molar refractivity (Wildman–Crippen MR) is 128 cm³/mol. The first-order valence-electron chi connectivity index (χ1n) is 11.0. The number of hydrogen-bond donors (Lipinski definition) is 1. The van der Waals surface area contributed by atoms with E-state index in [4.69, 9.17) is 9.47 Å². The molecule has 1 aromatic heterocycles. The van der Waals surface area contributed by atoms with Crippen LogP contribution in [0.5, 0.6) is 11.5 Å². The van der Waals surface area contributed by atoms with Crippen molar-refractivity contribution in [2.24, 2.45) is 0 Å². The number of fused-ring (bicyclic) bond motifs is 3. The smallest absolute Gasteiger partial charge is 0.323 e. The summed E-state index contributed by atoms with van der Waals surface area (Å²) >= 11 is 0. The Morgan fingerprint density at radius 1 is 0.943 bits per heavy atom. The molecular formula is C27H23F2N3O3. The minimum Gasteiger partial charge on any atom is -0.497 e. The van der Waals surface area contributed by atoms with E-state index in [1.54, 1.807) is 30.2 Å². The molecule has 1 aliphatic rings. The van der Waals surface area contributed by atoms with Crippen LogP contribution in [0.25, 0.3) is 5.69 Å². The highest BCUT2D eigenvalue weighted by Crippen LogP contribution is 2.38. The number of carbonyl (C=O) groups is 1. The zero-order chi connectivity index (χ0) is 24.5. The minimum atomic E-state index is -0.758. The standard InChI is InChI=1S/C27H23F2N3O3/c1-34-21-9-10-22(25(15-21)35-2)30-27(33)32-16-17-6-3-4-7-23(17)31-11-5-8-24(31)26(32)18-12-19(28)14-20(29)13-18/h3-15,26H,16H2,1-2H3,(H,30,33). The van der Waals surface area contributed by atoms with Crippen molar-refractivity contribution in [3.05, 3.63) is 107 Å². The molecule has 178 valence electrons. The second-order valence-electron chi connectivity index (χ2n) is 8.16. The minimum absolute atomic E-state index is 0.213. The quantitative estimate of drug-likeness (QED) is 0.399.